The molecule has 0 radical (unpaired) electrons. The number of nitrogens with zero attached hydrogens (tertiary/aromatic N) is 1. The summed E-state index contributed by atoms with van der Waals surface area (Å²) in [6.07, 6.45) is 5.84. The van der Waals surface area contributed by atoms with Gasteiger partial charge in [-0.05, 0) is 49.9 Å². The maximum absolute atomic E-state index is 12.7. The first-order chi connectivity index (χ1) is 8.56. The van der Waals surface area contributed by atoms with E-state index in [0.29, 0.717) is 23.8 Å². The largest absolute Gasteiger partial charge is 0.339 e. The van der Waals surface area contributed by atoms with E-state index in [9.17, 15) is 4.79 Å². The number of fused-ring (bicyclic) bond motifs is 2. The van der Waals surface area contributed by atoms with Crippen LogP contribution in [-0.4, -0.2) is 29.4 Å². The third kappa shape index (κ3) is 1.97. The first kappa shape index (κ1) is 12.5. The van der Waals surface area contributed by atoms with Gasteiger partial charge in [-0.2, -0.15) is 0 Å². The second-order valence-corrected chi connectivity index (χ2v) is 7.02. The van der Waals surface area contributed by atoms with Crippen LogP contribution in [0.2, 0.25) is 0 Å². The Labute approximate surface area is 110 Å². The standard InChI is InChI=1S/C15H26N2O/c1-9-5-10(2)14(16)7-13(9)15(18)17-8-11-3-4-12(17)6-11/h9-14H,3-8,16H2,1-2H3. The minimum absolute atomic E-state index is 0.190. The molecular formula is C15H26N2O. The van der Waals surface area contributed by atoms with Gasteiger partial charge in [-0.3, -0.25) is 4.79 Å². The van der Waals surface area contributed by atoms with Crippen LogP contribution in [0.15, 0.2) is 0 Å². The van der Waals surface area contributed by atoms with E-state index >= 15 is 0 Å². The summed E-state index contributed by atoms with van der Waals surface area (Å²) in [5.74, 6) is 2.48. The average molecular weight is 250 g/mol. The SMILES string of the molecule is CC1CC(C)C(C(=O)N2CC3CCC2C3)CC1N. The zero-order chi connectivity index (χ0) is 12.9. The number of hydrogen-bond acceptors (Lipinski definition) is 2. The maximum Gasteiger partial charge on any atom is 0.226 e. The second kappa shape index (κ2) is 4.52. The normalized spacial score (nSPS) is 47.6. The summed E-state index contributed by atoms with van der Waals surface area (Å²) in [4.78, 5) is 14.9. The van der Waals surface area contributed by atoms with Crippen LogP contribution < -0.4 is 5.73 Å². The molecule has 3 rings (SSSR count). The third-order valence-electron chi connectivity index (χ3n) is 5.70. The first-order valence-corrected chi connectivity index (χ1v) is 7.62. The zero-order valence-corrected chi connectivity index (χ0v) is 11.6. The minimum atomic E-state index is 0.190. The molecule has 102 valence electrons. The summed E-state index contributed by atoms with van der Waals surface area (Å²) < 4.78 is 0. The Hall–Kier alpha value is -0.570. The van der Waals surface area contributed by atoms with Gasteiger partial charge in [-0.25, -0.2) is 0 Å². The smallest absolute Gasteiger partial charge is 0.226 e. The van der Waals surface area contributed by atoms with Crippen molar-refractivity contribution in [1.82, 2.24) is 4.90 Å². The topological polar surface area (TPSA) is 46.3 Å². The molecule has 18 heavy (non-hydrogen) atoms. The van der Waals surface area contributed by atoms with Crippen molar-refractivity contribution in [2.45, 2.75) is 58.0 Å². The van der Waals surface area contributed by atoms with Gasteiger partial charge < -0.3 is 10.6 Å². The fraction of sp³-hybridized carbons (Fsp3) is 0.933. The molecule has 3 fully saturated rings. The third-order valence-corrected chi connectivity index (χ3v) is 5.70. The van der Waals surface area contributed by atoms with E-state index in [1.54, 1.807) is 0 Å². The van der Waals surface area contributed by atoms with Crippen molar-refractivity contribution >= 4 is 5.91 Å². The molecule has 1 amide bonds. The molecular weight excluding hydrogens is 224 g/mol. The predicted molar refractivity (Wildman–Crippen MR) is 71.9 cm³/mol. The average Bonchev–Trinajstić information content (AvgIpc) is 2.95. The lowest BCUT2D eigenvalue weighted by Crippen LogP contribution is -2.48. The number of nitrogens with two attached hydrogens (primary N) is 1. The summed E-state index contributed by atoms with van der Waals surface area (Å²) >= 11 is 0. The lowest BCUT2D eigenvalue weighted by Gasteiger charge is -2.39. The van der Waals surface area contributed by atoms with Gasteiger partial charge in [0.25, 0.3) is 0 Å². The van der Waals surface area contributed by atoms with Crippen molar-refractivity contribution in [2.24, 2.45) is 29.4 Å². The number of carbonyl (C=O) groups is 1. The van der Waals surface area contributed by atoms with Crippen molar-refractivity contribution in [3.05, 3.63) is 0 Å². The van der Waals surface area contributed by atoms with Crippen molar-refractivity contribution in [3.63, 3.8) is 0 Å². The molecule has 0 aromatic rings. The Morgan fingerprint density at radius 2 is 1.89 bits per heavy atom. The molecule has 1 heterocycles. The van der Waals surface area contributed by atoms with Crippen LogP contribution in [0.1, 0.15) is 46.0 Å². The van der Waals surface area contributed by atoms with Crippen molar-refractivity contribution in [2.75, 3.05) is 6.54 Å². The van der Waals surface area contributed by atoms with Crippen LogP contribution >= 0.6 is 0 Å². The van der Waals surface area contributed by atoms with Crippen LogP contribution in [-0.2, 0) is 4.79 Å². The van der Waals surface area contributed by atoms with Gasteiger partial charge in [0.05, 0.1) is 0 Å². The number of hydrogen-bond donors (Lipinski definition) is 1. The summed E-state index contributed by atoms with van der Waals surface area (Å²) in [5, 5.41) is 0. The van der Waals surface area contributed by atoms with Crippen molar-refractivity contribution < 1.29 is 4.79 Å². The van der Waals surface area contributed by atoms with Crippen LogP contribution in [0.25, 0.3) is 0 Å². The molecule has 2 bridgehead atoms. The number of likely N-dealkylation sites (tertiary alicyclic amines) is 1. The van der Waals surface area contributed by atoms with Crippen LogP contribution in [0.3, 0.4) is 0 Å². The fourth-order valence-electron chi connectivity index (χ4n) is 4.44. The zero-order valence-electron chi connectivity index (χ0n) is 11.6. The minimum Gasteiger partial charge on any atom is -0.339 e. The lowest BCUT2D eigenvalue weighted by molar-refractivity contribution is -0.140. The highest BCUT2D eigenvalue weighted by Crippen LogP contribution is 2.41. The van der Waals surface area contributed by atoms with Gasteiger partial charge in [-0.15, -0.1) is 0 Å². The molecule has 3 heteroatoms. The van der Waals surface area contributed by atoms with E-state index in [2.05, 4.69) is 18.7 Å². The molecule has 2 saturated carbocycles. The lowest BCUT2D eigenvalue weighted by atomic mass is 9.72. The molecule has 0 aromatic heterocycles. The number of amides is 1. The molecule has 3 aliphatic rings. The van der Waals surface area contributed by atoms with Crippen LogP contribution in [0, 0.1) is 23.7 Å². The molecule has 3 nitrogen and oxygen atoms in total. The van der Waals surface area contributed by atoms with Gasteiger partial charge in [0.15, 0.2) is 0 Å². The second-order valence-electron chi connectivity index (χ2n) is 7.02. The molecule has 6 atom stereocenters. The van der Waals surface area contributed by atoms with Crippen molar-refractivity contribution in [3.8, 4) is 0 Å². The highest BCUT2D eigenvalue weighted by molar-refractivity contribution is 5.80. The van der Waals surface area contributed by atoms with Gasteiger partial charge in [0.1, 0.15) is 0 Å². The molecule has 0 spiro atoms. The highest BCUT2D eigenvalue weighted by atomic mass is 16.2. The van der Waals surface area contributed by atoms with Crippen LogP contribution in [0.4, 0.5) is 0 Å². The summed E-state index contributed by atoms with van der Waals surface area (Å²) in [5.41, 5.74) is 6.17. The maximum atomic E-state index is 12.7. The Balaban J connectivity index is 1.68. The summed E-state index contributed by atoms with van der Waals surface area (Å²) in [6, 6.07) is 0.778. The summed E-state index contributed by atoms with van der Waals surface area (Å²) in [7, 11) is 0. The first-order valence-electron chi connectivity index (χ1n) is 7.62. The molecule has 2 aliphatic carbocycles. The monoisotopic (exact) mass is 250 g/mol. The summed E-state index contributed by atoms with van der Waals surface area (Å²) in [6.45, 7) is 5.48. The molecule has 0 aromatic carbocycles. The number of piperidine rings is 1. The Bertz CT molecular complexity index is 343. The predicted octanol–water partition coefficient (Wildman–Crippen LogP) is 2.01. The van der Waals surface area contributed by atoms with Gasteiger partial charge in [0.2, 0.25) is 5.91 Å². The Morgan fingerprint density at radius 3 is 2.50 bits per heavy atom. The molecule has 1 aliphatic heterocycles. The van der Waals surface area contributed by atoms with E-state index in [0.717, 1.165) is 25.3 Å². The van der Waals surface area contributed by atoms with E-state index in [4.69, 9.17) is 5.73 Å². The van der Waals surface area contributed by atoms with Gasteiger partial charge in [-0.1, -0.05) is 13.8 Å². The Morgan fingerprint density at radius 1 is 1.11 bits per heavy atom. The fourth-order valence-corrected chi connectivity index (χ4v) is 4.44. The van der Waals surface area contributed by atoms with E-state index in [1.807, 2.05) is 0 Å². The van der Waals surface area contributed by atoms with E-state index in [-0.39, 0.29) is 12.0 Å². The molecule has 2 N–H and O–H groups in total. The quantitative estimate of drug-likeness (QED) is 0.774. The van der Waals surface area contributed by atoms with Gasteiger partial charge >= 0.3 is 0 Å². The molecule has 1 saturated heterocycles. The van der Waals surface area contributed by atoms with Crippen LogP contribution in [0.5, 0.6) is 0 Å². The van der Waals surface area contributed by atoms with E-state index in [1.165, 1.54) is 19.3 Å². The van der Waals surface area contributed by atoms with Gasteiger partial charge in [0, 0.05) is 24.5 Å². The number of carbonyl (C=O) groups excluding carboxylic acids is 1. The number of rotatable bonds is 1. The van der Waals surface area contributed by atoms with Crippen molar-refractivity contribution in [1.29, 1.82) is 0 Å². The Kier molecular flexibility index (Phi) is 3.13. The van der Waals surface area contributed by atoms with E-state index < -0.39 is 0 Å². The highest BCUT2D eigenvalue weighted by Gasteiger charge is 2.44. The molecule has 6 unspecified atom stereocenters.